The quantitative estimate of drug-likeness (QED) is 0.527. The minimum absolute atomic E-state index is 0.0479. The van der Waals surface area contributed by atoms with Crippen molar-refractivity contribution < 1.29 is 22.3 Å². The van der Waals surface area contributed by atoms with E-state index >= 15 is 0 Å². The molecule has 0 unspecified atom stereocenters. The number of nitrogens with zero attached hydrogens (tertiary/aromatic N) is 1. The summed E-state index contributed by atoms with van der Waals surface area (Å²) in [5.41, 5.74) is 1.95. The normalized spacial score (nSPS) is 11.1. The molecule has 0 radical (unpaired) electrons. The molecule has 0 spiro atoms. The Morgan fingerprint density at radius 2 is 1.59 bits per heavy atom. The number of amides is 1. The zero-order valence-corrected chi connectivity index (χ0v) is 18.7. The van der Waals surface area contributed by atoms with Gasteiger partial charge in [-0.1, -0.05) is 29.8 Å². The van der Waals surface area contributed by atoms with Crippen LogP contribution in [0.5, 0.6) is 5.75 Å². The van der Waals surface area contributed by atoms with Crippen molar-refractivity contribution in [3.05, 3.63) is 89.7 Å². The van der Waals surface area contributed by atoms with Gasteiger partial charge in [-0.2, -0.15) is 0 Å². The number of sulfonamides is 1. The summed E-state index contributed by atoms with van der Waals surface area (Å²) in [4.78, 5) is 12.7. The van der Waals surface area contributed by atoms with Crippen LogP contribution in [-0.2, 0) is 21.4 Å². The van der Waals surface area contributed by atoms with Crippen molar-refractivity contribution in [1.29, 1.82) is 0 Å². The molecule has 32 heavy (non-hydrogen) atoms. The third-order valence-corrected chi connectivity index (χ3v) is 6.52. The van der Waals surface area contributed by atoms with Crippen molar-refractivity contribution in [3.63, 3.8) is 0 Å². The number of hydrogen-bond acceptors (Lipinski definition) is 4. The van der Waals surface area contributed by atoms with Crippen LogP contribution in [0.25, 0.3) is 0 Å². The maximum absolute atomic E-state index is 13.4. The van der Waals surface area contributed by atoms with Gasteiger partial charge >= 0.3 is 0 Å². The smallest absolute Gasteiger partial charge is 0.264 e. The molecule has 168 valence electrons. The van der Waals surface area contributed by atoms with Crippen molar-refractivity contribution in [2.45, 2.75) is 25.3 Å². The highest BCUT2D eigenvalue weighted by molar-refractivity contribution is 7.92. The topological polar surface area (TPSA) is 75.7 Å². The molecule has 0 atom stereocenters. The van der Waals surface area contributed by atoms with Crippen LogP contribution >= 0.6 is 0 Å². The zero-order chi connectivity index (χ0) is 23.1. The van der Waals surface area contributed by atoms with Crippen LogP contribution in [0.4, 0.5) is 10.1 Å². The summed E-state index contributed by atoms with van der Waals surface area (Å²) in [5.74, 6) is -0.255. The maximum Gasteiger partial charge on any atom is 0.264 e. The second-order valence-electron chi connectivity index (χ2n) is 7.15. The van der Waals surface area contributed by atoms with E-state index in [4.69, 9.17) is 4.74 Å². The Morgan fingerprint density at radius 1 is 0.969 bits per heavy atom. The van der Waals surface area contributed by atoms with Crippen LogP contribution < -0.4 is 14.4 Å². The predicted octanol–water partition coefficient (Wildman–Crippen LogP) is 4.04. The van der Waals surface area contributed by atoms with Crippen LogP contribution in [0.1, 0.15) is 18.1 Å². The van der Waals surface area contributed by atoms with Gasteiger partial charge in [0.05, 0.1) is 17.2 Å². The van der Waals surface area contributed by atoms with Crippen LogP contribution in [0.15, 0.2) is 77.7 Å². The number of carbonyl (C=O) groups is 1. The van der Waals surface area contributed by atoms with Gasteiger partial charge in [0.2, 0.25) is 5.91 Å². The monoisotopic (exact) mass is 456 g/mol. The fourth-order valence-electron chi connectivity index (χ4n) is 3.02. The molecule has 0 bridgehead atoms. The third-order valence-electron chi connectivity index (χ3n) is 4.73. The Hall–Kier alpha value is -3.39. The zero-order valence-electron chi connectivity index (χ0n) is 17.9. The highest BCUT2D eigenvalue weighted by Gasteiger charge is 2.27. The van der Waals surface area contributed by atoms with Crippen molar-refractivity contribution in [1.82, 2.24) is 5.32 Å². The average Bonchev–Trinajstić information content (AvgIpc) is 2.78. The van der Waals surface area contributed by atoms with E-state index in [2.05, 4.69) is 5.32 Å². The first-order chi connectivity index (χ1) is 15.3. The van der Waals surface area contributed by atoms with Crippen molar-refractivity contribution in [2.24, 2.45) is 0 Å². The molecule has 0 aliphatic rings. The molecule has 8 heteroatoms. The molecule has 6 nitrogen and oxygen atoms in total. The van der Waals surface area contributed by atoms with Crippen molar-refractivity contribution in [3.8, 4) is 5.75 Å². The number of halogens is 1. The van der Waals surface area contributed by atoms with Gasteiger partial charge in [0.1, 0.15) is 18.1 Å². The van der Waals surface area contributed by atoms with Crippen LogP contribution in [-0.4, -0.2) is 27.5 Å². The lowest BCUT2D eigenvalue weighted by Crippen LogP contribution is -2.40. The molecule has 0 saturated carbocycles. The Balaban J connectivity index is 1.78. The average molecular weight is 457 g/mol. The van der Waals surface area contributed by atoms with E-state index < -0.39 is 28.3 Å². The summed E-state index contributed by atoms with van der Waals surface area (Å²) in [7, 11) is -4.04. The lowest BCUT2D eigenvalue weighted by Gasteiger charge is -2.24. The SMILES string of the molecule is CCOc1ccc(CNC(=O)CN(c2ccc(F)cc2)S(=O)(=O)c2ccc(C)cc2)cc1. The first-order valence-corrected chi connectivity index (χ1v) is 11.6. The number of hydrogen-bond donors (Lipinski definition) is 1. The van der Waals surface area contributed by atoms with Gasteiger partial charge in [-0.3, -0.25) is 9.10 Å². The van der Waals surface area contributed by atoms with Gasteiger partial charge in [-0.25, -0.2) is 12.8 Å². The Labute approximate surface area is 187 Å². The molecule has 0 aliphatic heterocycles. The predicted molar refractivity (Wildman–Crippen MR) is 122 cm³/mol. The Morgan fingerprint density at radius 3 is 2.19 bits per heavy atom. The van der Waals surface area contributed by atoms with Crippen LogP contribution in [0.2, 0.25) is 0 Å². The molecule has 0 aliphatic carbocycles. The van der Waals surface area contributed by atoms with Crippen molar-refractivity contribution >= 4 is 21.6 Å². The van der Waals surface area contributed by atoms with Gasteiger partial charge in [0.25, 0.3) is 10.0 Å². The number of ether oxygens (including phenoxy) is 1. The van der Waals surface area contributed by atoms with Crippen LogP contribution in [0.3, 0.4) is 0 Å². The molecule has 0 heterocycles. The fourth-order valence-corrected chi connectivity index (χ4v) is 4.44. The van der Waals surface area contributed by atoms with E-state index in [1.54, 1.807) is 24.3 Å². The lowest BCUT2D eigenvalue weighted by molar-refractivity contribution is -0.119. The molecule has 0 fully saturated rings. The van der Waals surface area contributed by atoms with Gasteiger partial charge in [-0.15, -0.1) is 0 Å². The minimum Gasteiger partial charge on any atom is -0.494 e. The number of aryl methyl sites for hydroxylation is 1. The summed E-state index contributed by atoms with van der Waals surface area (Å²) in [5, 5.41) is 2.73. The number of rotatable bonds is 9. The van der Waals surface area contributed by atoms with Gasteiger partial charge in [-0.05, 0) is 67.9 Å². The van der Waals surface area contributed by atoms with E-state index in [1.165, 1.54) is 24.3 Å². The lowest BCUT2D eigenvalue weighted by atomic mass is 10.2. The second kappa shape index (κ2) is 10.3. The molecular formula is C24H25FN2O4S. The van der Waals surface area contributed by atoms with Gasteiger partial charge < -0.3 is 10.1 Å². The molecular weight excluding hydrogens is 431 g/mol. The Kier molecular flexibility index (Phi) is 7.48. The minimum atomic E-state index is -4.04. The molecule has 0 saturated heterocycles. The van der Waals surface area contributed by atoms with E-state index in [0.29, 0.717) is 6.61 Å². The van der Waals surface area contributed by atoms with E-state index in [-0.39, 0.29) is 17.1 Å². The highest BCUT2D eigenvalue weighted by Crippen LogP contribution is 2.24. The first-order valence-electron chi connectivity index (χ1n) is 10.1. The van der Waals surface area contributed by atoms with E-state index in [1.807, 2.05) is 26.0 Å². The maximum atomic E-state index is 13.4. The fraction of sp³-hybridized carbons (Fsp3) is 0.208. The summed E-state index contributed by atoms with van der Waals surface area (Å²) in [6.45, 7) is 4.09. The summed E-state index contributed by atoms with van der Waals surface area (Å²) >= 11 is 0. The molecule has 3 aromatic rings. The van der Waals surface area contributed by atoms with Crippen molar-refractivity contribution in [2.75, 3.05) is 17.5 Å². The second-order valence-corrected chi connectivity index (χ2v) is 9.02. The standard InChI is InChI=1S/C24H25FN2O4S/c1-3-31-22-12-6-19(7-13-22)16-26-24(28)17-27(21-10-8-20(25)9-11-21)32(29,30)23-14-4-18(2)5-15-23/h4-15H,3,16-17H2,1-2H3,(H,26,28). The van der Waals surface area contributed by atoms with E-state index in [9.17, 15) is 17.6 Å². The number of benzene rings is 3. The summed E-state index contributed by atoms with van der Waals surface area (Å²) in [6.07, 6.45) is 0. The molecule has 1 amide bonds. The van der Waals surface area contributed by atoms with Gasteiger partial charge in [0, 0.05) is 6.54 Å². The highest BCUT2D eigenvalue weighted by atomic mass is 32.2. The first kappa shape index (κ1) is 23.3. The van der Waals surface area contributed by atoms with Gasteiger partial charge in [0.15, 0.2) is 0 Å². The van der Waals surface area contributed by atoms with E-state index in [0.717, 1.165) is 33.3 Å². The third kappa shape index (κ3) is 5.85. The summed E-state index contributed by atoms with van der Waals surface area (Å²) in [6, 6.07) is 18.6. The largest absolute Gasteiger partial charge is 0.494 e. The molecule has 3 rings (SSSR count). The number of nitrogens with one attached hydrogen (secondary N) is 1. The molecule has 0 aromatic heterocycles. The number of carbonyl (C=O) groups excluding carboxylic acids is 1. The van der Waals surface area contributed by atoms with Crippen LogP contribution in [0, 0.1) is 12.7 Å². The molecule has 3 aromatic carbocycles. The number of anilines is 1. The summed E-state index contributed by atoms with van der Waals surface area (Å²) < 4.78 is 46.3. The molecule has 1 N–H and O–H groups in total. The Bertz CT molecular complexity index is 1150.